The van der Waals surface area contributed by atoms with Gasteiger partial charge in [-0.2, -0.15) is 0 Å². The summed E-state index contributed by atoms with van der Waals surface area (Å²) in [4.78, 5) is 22.8. The van der Waals surface area contributed by atoms with Crippen molar-refractivity contribution in [3.05, 3.63) is 30.0 Å². The van der Waals surface area contributed by atoms with Crippen LogP contribution in [0.5, 0.6) is 0 Å². The molecule has 1 aromatic carbocycles. The van der Waals surface area contributed by atoms with Crippen molar-refractivity contribution in [2.24, 2.45) is 0 Å². The minimum Gasteiger partial charge on any atom is -0.475 e. The van der Waals surface area contributed by atoms with Crippen molar-refractivity contribution < 1.29 is 27.5 Å². The van der Waals surface area contributed by atoms with E-state index in [0.717, 1.165) is 12.8 Å². The zero-order valence-corrected chi connectivity index (χ0v) is 14.1. The lowest BCUT2D eigenvalue weighted by Gasteiger charge is -2.06. The molecular weight excluding hydrogens is 334 g/mol. The Morgan fingerprint density at radius 3 is 2.62 bits per heavy atom. The molecule has 1 amide bonds. The van der Waals surface area contributed by atoms with Crippen LogP contribution in [0, 0.1) is 0 Å². The monoisotopic (exact) mass is 353 g/mol. The van der Waals surface area contributed by atoms with Gasteiger partial charge in [0.25, 0.3) is 0 Å². The lowest BCUT2D eigenvalue weighted by Crippen LogP contribution is -2.24. The SMILES string of the molecule is CCCCCS(=O)(=O)CC(=O)Nc1ccc2oc(C(=O)O)cc2c1. The molecule has 8 heteroatoms. The molecule has 0 aliphatic rings. The second kappa shape index (κ2) is 7.48. The number of carboxylic acid groups (broad SMARTS) is 1. The Balaban J connectivity index is 2.03. The first-order valence-electron chi connectivity index (χ1n) is 7.58. The van der Waals surface area contributed by atoms with Crippen LogP contribution in [0.25, 0.3) is 11.0 Å². The number of anilines is 1. The topological polar surface area (TPSA) is 114 Å². The summed E-state index contributed by atoms with van der Waals surface area (Å²) < 4.78 is 28.8. The second-order valence-electron chi connectivity index (χ2n) is 5.52. The molecular formula is C16H19NO6S. The number of hydrogen-bond acceptors (Lipinski definition) is 5. The summed E-state index contributed by atoms with van der Waals surface area (Å²) in [6.07, 6.45) is 2.26. The minimum absolute atomic E-state index is 0.00298. The van der Waals surface area contributed by atoms with Gasteiger partial charge < -0.3 is 14.8 Å². The van der Waals surface area contributed by atoms with Gasteiger partial charge in [0.15, 0.2) is 9.84 Å². The molecule has 1 aromatic heterocycles. The fraction of sp³-hybridized carbons (Fsp3) is 0.375. The highest BCUT2D eigenvalue weighted by atomic mass is 32.2. The van der Waals surface area contributed by atoms with Crippen LogP contribution in [0.3, 0.4) is 0 Å². The fourth-order valence-electron chi connectivity index (χ4n) is 2.27. The lowest BCUT2D eigenvalue weighted by atomic mass is 10.2. The van der Waals surface area contributed by atoms with Crippen LogP contribution in [0.4, 0.5) is 5.69 Å². The molecule has 2 rings (SSSR count). The first kappa shape index (κ1) is 18.0. The Bertz CT molecular complexity index is 853. The smallest absolute Gasteiger partial charge is 0.371 e. The van der Waals surface area contributed by atoms with Crippen molar-refractivity contribution in [1.29, 1.82) is 0 Å². The molecule has 130 valence electrons. The molecule has 0 aliphatic carbocycles. The van der Waals surface area contributed by atoms with E-state index in [1.165, 1.54) is 24.3 Å². The molecule has 24 heavy (non-hydrogen) atoms. The number of carbonyl (C=O) groups is 2. The Morgan fingerprint density at radius 1 is 1.21 bits per heavy atom. The number of benzene rings is 1. The van der Waals surface area contributed by atoms with Crippen LogP contribution in [0.15, 0.2) is 28.7 Å². The van der Waals surface area contributed by atoms with Crippen molar-refractivity contribution in [3.8, 4) is 0 Å². The Labute approximate surface area is 139 Å². The Kier molecular flexibility index (Phi) is 5.61. The molecule has 0 unspecified atom stereocenters. The third-order valence-electron chi connectivity index (χ3n) is 3.42. The number of rotatable bonds is 8. The van der Waals surface area contributed by atoms with Crippen molar-refractivity contribution in [2.75, 3.05) is 16.8 Å². The molecule has 0 atom stereocenters. The van der Waals surface area contributed by atoms with Crippen LogP contribution in [-0.4, -0.2) is 36.9 Å². The summed E-state index contributed by atoms with van der Waals surface area (Å²) in [6.45, 7) is 1.97. The first-order chi connectivity index (χ1) is 11.3. The van der Waals surface area contributed by atoms with Gasteiger partial charge in [-0.05, 0) is 30.7 Å². The van der Waals surface area contributed by atoms with Crippen molar-refractivity contribution in [1.82, 2.24) is 0 Å². The predicted molar refractivity (Wildman–Crippen MR) is 90.0 cm³/mol. The van der Waals surface area contributed by atoms with Crippen LogP contribution in [0.1, 0.15) is 36.7 Å². The Morgan fingerprint density at radius 2 is 1.96 bits per heavy atom. The summed E-state index contributed by atoms with van der Waals surface area (Å²) in [6, 6.07) is 5.92. The van der Waals surface area contributed by atoms with E-state index in [1.807, 2.05) is 6.92 Å². The second-order valence-corrected chi connectivity index (χ2v) is 7.70. The molecule has 0 aliphatic heterocycles. The summed E-state index contributed by atoms with van der Waals surface area (Å²) >= 11 is 0. The Hall–Kier alpha value is -2.35. The van der Waals surface area contributed by atoms with Crippen LogP contribution >= 0.6 is 0 Å². The zero-order chi connectivity index (χ0) is 17.7. The number of unbranched alkanes of at least 4 members (excludes halogenated alkanes) is 2. The van der Waals surface area contributed by atoms with Gasteiger partial charge in [-0.3, -0.25) is 4.79 Å². The van der Waals surface area contributed by atoms with E-state index in [2.05, 4.69) is 5.32 Å². The highest BCUT2D eigenvalue weighted by Crippen LogP contribution is 2.23. The maximum absolute atomic E-state index is 11.9. The number of nitrogens with one attached hydrogen (secondary N) is 1. The number of fused-ring (bicyclic) bond motifs is 1. The lowest BCUT2D eigenvalue weighted by molar-refractivity contribution is -0.113. The third kappa shape index (κ3) is 4.82. The predicted octanol–water partition coefficient (Wildman–Crippen LogP) is 2.67. The standard InChI is InChI=1S/C16H19NO6S/c1-2-3-4-7-24(21,22)10-15(18)17-12-5-6-13-11(8-12)9-14(23-13)16(19)20/h5-6,8-9H,2-4,7,10H2,1H3,(H,17,18)(H,19,20). The molecule has 1 heterocycles. The molecule has 0 radical (unpaired) electrons. The number of sulfone groups is 1. The van der Waals surface area contributed by atoms with Gasteiger partial charge in [0.2, 0.25) is 11.7 Å². The van der Waals surface area contributed by atoms with Gasteiger partial charge in [0.1, 0.15) is 11.3 Å². The number of furan rings is 1. The van der Waals surface area contributed by atoms with E-state index in [4.69, 9.17) is 9.52 Å². The molecule has 0 bridgehead atoms. The van der Waals surface area contributed by atoms with Gasteiger partial charge in [-0.25, -0.2) is 13.2 Å². The number of amides is 1. The van der Waals surface area contributed by atoms with Gasteiger partial charge >= 0.3 is 5.97 Å². The van der Waals surface area contributed by atoms with E-state index >= 15 is 0 Å². The summed E-state index contributed by atoms with van der Waals surface area (Å²) in [5, 5.41) is 11.9. The van der Waals surface area contributed by atoms with E-state index in [-0.39, 0.29) is 11.5 Å². The molecule has 0 spiro atoms. The molecule has 0 saturated carbocycles. The summed E-state index contributed by atoms with van der Waals surface area (Å²) in [5.74, 6) is -2.58. The van der Waals surface area contributed by atoms with E-state index < -0.39 is 27.5 Å². The fourth-order valence-corrected chi connectivity index (χ4v) is 3.53. The molecule has 2 aromatic rings. The molecule has 7 nitrogen and oxygen atoms in total. The average molecular weight is 353 g/mol. The normalized spacial score (nSPS) is 11.5. The van der Waals surface area contributed by atoms with Gasteiger partial charge in [-0.1, -0.05) is 19.8 Å². The highest BCUT2D eigenvalue weighted by Gasteiger charge is 2.17. The van der Waals surface area contributed by atoms with Crippen molar-refractivity contribution >= 4 is 38.4 Å². The summed E-state index contributed by atoms with van der Waals surface area (Å²) in [5.41, 5.74) is 0.756. The van der Waals surface area contributed by atoms with E-state index in [9.17, 15) is 18.0 Å². The number of carbonyl (C=O) groups excluding carboxylic acids is 1. The maximum atomic E-state index is 11.9. The first-order valence-corrected chi connectivity index (χ1v) is 9.40. The molecule has 0 saturated heterocycles. The quantitative estimate of drug-likeness (QED) is 0.705. The maximum Gasteiger partial charge on any atom is 0.371 e. The van der Waals surface area contributed by atoms with Gasteiger partial charge in [-0.15, -0.1) is 0 Å². The van der Waals surface area contributed by atoms with Gasteiger partial charge in [0, 0.05) is 11.1 Å². The number of aromatic carboxylic acids is 1. The minimum atomic E-state index is -3.43. The van der Waals surface area contributed by atoms with Crippen molar-refractivity contribution in [3.63, 3.8) is 0 Å². The number of carboxylic acids is 1. The average Bonchev–Trinajstić information content (AvgIpc) is 2.90. The summed E-state index contributed by atoms with van der Waals surface area (Å²) in [7, 11) is -3.43. The van der Waals surface area contributed by atoms with Crippen LogP contribution in [0.2, 0.25) is 0 Å². The van der Waals surface area contributed by atoms with E-state index in [0.29, 0.717) is 23.1 Å². The van der Waals surface area contributed by atoms with Crippen LogP contribution < -0.4 is 5.32 Å². The van der Waals surface area contributed by atoms with Crippen molar-refractivity contribution in [2.45, 2.75) is 26.2 Å². The largest absolute Gasteiger partial charge is 0.475 e. The third-order valence-corrected chi connectivity index (χ3v) is 5.03. The highest BCUT2D eigenvalue weighted by molar-refractivity contribution is 7.92. The van der Waals surface area contributed by atoms with E-state index in [1.54, 1.807) is 0 Å². The molecule has 2 N–H and O–H groups in total. The zero-order valence-electron chi connectivity index (χ0n) is 13.2. The van der Waals surface area contributed by atoms with Crippen LogP contribution in [-0.2, 0) is 14.6 Å². The van der Waals surface area contributed by atoms with Gasteiger partial charge in [0.05, 0.1) is 5.75 Å². The number of hydrogen-bond donors (Lipinski definition) is 2. The molecule has 0 fully saturated rings.